The van der Waals surface area contributed by atoms with Gasteiger partial charge in [0.2, 0.25) is 5.91 Å². The van der Waals surface area contributed by atoms with Gasteiger partial charge in [-0.15, -0.1) is 0 Å². The Labute approximate surface area is 216 Å². The van der Waals surface area contributed by atoms with Gasteiger partial charge in [0, 0.05) is 19.4 Å². The molecule has 2 aliphatic rings. The molecule has 0 saturated carbocycles. The molecule has 2 aliphatic heterocycles. The highest BCUT2D eigenvalue weighted by molar-refractivity contribution is 8.16. The number of fused-ring (bicyclic) bond motifs is 1. The number of ether oxygens (including phenoxy) is 2. The minimum absolute atomic E-state index is 0.0955. The number of aliphatic imine (C=N–C) groups is 1. The van der Waals surface area contributed by atoms with Gasteiger partial charge in [0.05, 0.1) is 30.3 Å². The molecule has 8 heteroatoms. The quantitative estimate of drug-likeness (QED) is 0.391. The Hall–Kier alpha value is -3.36. The predicted octanol–water partition coefficient (Wildman–Crippen LogP) is 4.77. The first kappa shape index (κ1) is 25.7. The van der Waals surface area contributed by atoms with E-state index >= 15 is 0 Å². The predicted molar refractivity (Wildman–Crippen MR) is 142 cm³/mol. The Bertz CT molecular complexity index is 1240. The number of hydrogen-bond acceptors (Lipinski definition) is 7. The number of amidine groups is 1. The summed E-state index contributed by atoms with van der Waals surface area (Å²) in [5.41, 5.74) is 6.09. The maximum Gasteiger partial charge on any atom is 0.338 e. The van der Waals surface area contributed by atoms with Crippen LogP contribution in [0.5, 0.6) is 0 Å². The molecule has 0 fully saturated rings. The monoisotopic (exact) mass is 505 g/mol. The number of hydrogen-bond donors (Lipinski definition) is 1. The standard InChI is InChI=1S/C28H31N3O4S/c1-18-10-11-23(19(2)14-18)26-25(27(33)35-13-12-34-4)20(3)30-28-31(26)22(17-36-28)15-24(32)29-16-21-8-6-5-7-9-21/h5-11,14,17,26H,12-13,15-16H2,1-4H3,(H,29,32). The number of amides is 1. The van der Waals surface area contributed by atoms with Crippen LogP contribution < -0.4 is 5.32 Å². The lowest BCUT2D eigenvalue weighted by Crippen LogP contribution is -2.38. The van der Waals surface area contributed by atoms with Crippen LogP contribution in [-0.4, -0.2) is 42.3 Å². The van der Waals surface area contributed by atoms with Gasteiger partial charge in [-0.25, -0.2) is 9.79 Å². The number of esters is 1. The van der Waals surface area contributed by atoms with Crippen molar-refractivity contribution in [1.82, 2.24) is 10.2 Å². The maximum atomic E-state index is 13.3. The van der Waals surface area contributed by atoms with E-state index in [2.05, 4.69) is 11.4 Å². The van der Waals surface area contributed by atoms with Crippen molar-refractivity contribution in [3.05, 3.63) is 93.2 Å². The zero-order valence-corrected chi connectivity index (χ0v) is 21.9. The SMILES string of the molecule is COCCOC(=O)C1=C(C)N=C2SC=C(CC(=O)NCc3ccccc3)N2C1c1ccc(C)cc1C. The van der Waals surface area contributed by atoms with Crippen molar-refractivity contribution in [1.29, 1.82) is 0 Å². The average Bonchev–Trinajstić information content (AvgIpc) is 3.24. The van der Waals surface area contributed by atoms with Gasteiger partial charge in [-0.2, -0.15) is 0 Å². The number of benzene rings is 2. The molecule has 0 spiro atoms. The fraction of sp³-hybridized carbons (Fsp3) is 0.321. The summed E-state index contributed by atoms with van der Waals surface area (Å²) in [5.74, 6) is -0.524. The van der Waals surface area contributed by atoms with E-state index in [0.29, 0.717) is 24.4 Å². The smallest absolute Gasteiger partial charge is 0.338 e. The van der Waals surface area contributed by atoms with Gasteiger partial charge in [0.25, 0.3) is 0 Å². The van der Waals surface area contributed by atoms with Crippen molar-refractivity contribution < 1.29 is 19.1 Å². The molecule has 4 rings (SSSR count). The van der Waals surface area contributed by atoms with Crippen molar-refractivity contribution in [3.63, 3.8) is 0 Å². The van der Waals surface area contributed by atoms with E-state index in [9.17, 15) is 9.59 Å². The molecule has 2 heterocycles. The largest absolute Gasteiger partial charge is 0.460 e. The first-order chi connectivity index (χ1) is 17.4. The minimum Gasteiger partial charge on any atom is -0.460 e. The molecule has 0 radical (unpaired) electrons. The van der Waals surface area contributed by atoms with E-state index in [-0.39, 0.29) is 18.9 Å². The third kappa shape index (κ3) is 5.71. The summed E-state index contributed by atoms with van der Waals surface area (Å²) in [6.07, 6.45) is 0.172. The van der Waals surface area contributed by atoms with Crippen LogP contribution >= 0.6 is 11.8 Å². The Morgan fingerprint density at radius 2 is 1.86 bits per heavy atom. The summed E-state index contributed by atoms with van der Waals surface area (Å²) in [6, 6.07) is 15.5. The van der Waals surface area contributed by atoms with E-state index < -0.39 is 12.0 Å². The molecule has 1 unspecified atom stereocenters. The highest BCUT2D eigenvalue weighted by Crippen LogP contribution is 2.45. The second-order valence-electron chi connectivity index (χ2n) is 8.82. The summed E-state index contributed by atoms with van der Waals surface area (Å²) in [4.78, 5) is 32.9. The number of rotatable bonds is 9. The first-order valence-corrected chi connectivity index (χ1v) is 12.7. The van der Waals surface area contributed by atoms with Gasteiger partial charge in [-0.05, 0) is 42.9 Å². The molecular formula is C28H31N3O4S. The summed E-state index contributed by atoms with van der Waals surface area (Å²) >= 11 is 1.46. The number of carbonyl (C=O) groups excluding carboxylic acids is 2. The topological polar surface area (TPSA) is 80.2 Å². The third-order valence-electron chi connectivity index (χ3n) is 6.14. The zero-order valence-electron chi connectivity index (χ0n) is 21.0. The zero-order chi connectivity index (χ0) is 25.7. The summed E-state index contributed by atoms with van der Waals surface area (Å²) in [7, 11) is 1.56. The highest BCUT2D eigenvalue weighted by atomic mass is 32.2. The van der Waals surface area contributed by atoms with Crippen molar-refractivity contribution in [2.75, 3.05) is 20.3 Å². The van der Waals surface area contributed by atoms with Crippen molar-refractivity contribution in [2.24, 2.45) is 4.99 Å². The molecule has 0 saturated heterocycles. The number of thioether (sulfide) groups is 1. The molecule has 0 aromatic heterocycles. The van der Waals surface area contributed by atoms with Crippen LogP contribution in [0.15, 0.2) is 75.9 Å². The Morgan fingerprint density at radius 3 is 2.58 bits per heavy atom. The first-order valence-electron chi connectivity index (χ1n) is 11.9. The van der Waals surface area contributed by atoms with Crippen LogP contribution in [0, 0.1) is 13.8 Å². The van der Waals surface area contributed by atoms with Crippen molar-refractivity contribution >= 4 is 28.8 Å². The number of allylic oxidation sites excluding steroid dienone is 1. The lowest BCUT2D eigenvalue weighted by Gasteiger charge is -2.37. The van der Waals surface area contributed by atoms with Crippen LogP contribution in [0.3, 0.4) is 0 Å². The van der Waals surface area contributed by atoms with E-state index in [1.807, 2.05) is 73.5 Å². The fourth-order valence-electron chi connectivity index (χ4n) is 4.38. The molecular weight excluding hydrogens is 474 g/mol. The molecule has 7 nitrogen and oxygen atoms in total. The van der Waals surface area contributed by atoms with Crippen LogP contribution in [0.2, 0.25) is 0 Å². The van der Waals surface area contributed by atoms with E-state index in [4.69, 9.17) is 14.5 Å². The second-order valence-corrected chi connectivity index (χ2v) is 9.66. The van der Waals surface area contributed by atoms with Gasteiger partial charge in [-0.3, -0.25) is 4.79 Å². The van der Waals surface area contributed by atoms with Crippen LogP contribution in [-0.2, 0) is 25.6 Å². The van der Waals surface area contributed by atoms with Crippen molar-refractivity contribution in [3.8, 4) is 0 Å². The van der Waals surface area contributed by atoms with Gasteiger partial charge in [-0.1, -0.05) is 65.9 Å². The number of carbonyl (C=O) groups is 2. The lowest BCUT2D eigenvalue weighted by atomic mass is 9.90. The molecule has 0 aliphatic carbocycles. The van der Waals surface area contributed by atoms with Gasteiger partial charge >= 0.3 is 5.97 Å². The van der Waals surface area contributed by atoms with Gasteiger partial charge in [0.15, 0.2) is 5.17 Å². The number of methoxy groups -OCH3 is 1. The van der Waals surface area contributed by atoms with E-state index in [0.717, 1.165) is 33.1 Å². The average molecular weight is 506 g/mol. The summed E-state index contributed by atoms with van der Waals surface area (Å²) in [6.45, 7) is 6.83. The molecule has 1 atom stereocenters. The molecule has 1 N–H and O–H groups in total. The normalized spacial score (nSPS) is 16.9. The molecule has 1 amide bonds. The minimum atomic E-state index is -0.448. The van der Waals surface area contributed by atoms with Gasteiger partial charge < -0.3 is 19.7 Å². The number of aryl methyl sites for hydroxylation is 2. The summed E-state index contributed by atoms with van der Waals surface area (Å²) in [5, 5.41) is 5.69. The van der Waals surface area contributed by atoms with Gasteiger partial charge in [0.1, 0.15) is 6.61 Å². The molecule has 2 aromatic carbocycles. The molecule has 36 heavy (non-hydrogen) atoms. The van der Waals surface area contributed by atoms with E-state index in [1.165, 1.54) is 11.8 Å². The molecule has 188 valence electrons. The second kappa shape index (κ2) is 11.6. The highest BCUT2D eigenvalue weighted by Gasteiger charge is 2.41. The lowest BCUT2D eigenvalue weighted by molar-refractivity contribution is -0.141. The number of nitrogens with zero attached hydrogens (tertiary/aromatic N) is 2. The molecule has 0 bridgehead atoms. The fourth-order valence-corrected chi connectivity index (χ4v) is 5.34. The van der Waals surface area contributed by atoms with Crippen LogP contribution in [0.1, 0.15) is 41.6 Å². The van der Waals surface area contributed by atoms with Crippen LogP contribution in [0.25, 0.3) is 0 Å². The summed E-state index contributed by atoms with van der Waals surface area (Å²) < 4.78 is 10.6. The Morgan fingerprint density at radius 1 is 1.08 bits per heavy atom. The maximum absolute atomic E-state index is 13.3. The van der Waals surface area contributed by atoms with Crippen molar-refractivity contribution in [2.45, 2.75) is 39.8 Å². The molecule has 2 aromatic rings. The van der Waals surface area contributed by atoms with E-state index in [1.54, 1.807) is 7.11 Å². The number of nitrogens with one attached hydrogen (secondary N) is 1. The van der Waals surface area contributed by atoms with Crippen LogP contribution in [0.4, 0.5) is 0 Å². The Balaban J connectivity index is 1.62. The third-order valence-corrected chi connectivity index (χ3v) is 7.02. The Kier molecular flexibility index (Phi) is 8.28.